The highest BCUT2D eigenvalue weighted by Gasteiger charge is 2.17. The maximum absolute atomic E-state index is 12.2. The molecule has 1 aliphatic rings. The number of hydrogen-bond donors (Lipinski definition) is 1. The number of rotatable bonds is 4. The second kappa shape index (κ2) is 6.81. The van der Waals surface area contributed by atoms with Crippen LogP contribution in [0, 0.1) is 0 Å². The van der Waals surface area contributed by atoms with E-state index in [-0.39, 0.29) is 5.91 Å². The minimum Gasteiger partial charge on any atom is -0.353 e. The highest BCUT2D eigenvalue weighted by Crippen LogP contribution is 2.23. The van der Waals surface area contributed by atoms with Gasteiger partial charge < -0.3 is 5.32 Å². The van der Waals surface area contributed by atoms with Crippen LogP contribution >= 0.6 is 11.8 Å². The zero-order valence-corrected chi connectivity index (χ0v) is 14.3. The zero-order valence-electron chi connectivity index (χ0n) is 13.4. The Balaban J connectivity index is 1.50. The number of nitrogens with zero attached hydrogens (tertiary/aromatic N) is 3. The standard InChI is InChI=1S/C18H20N4OS/c23-17(19-14-7-2-1-3-8-14)12-24-18-21-20-16-11-10-13-6-4-5-9-15(13)22(16)18/h4-6,9-11,14H,1-3,7-8,12H2,(H,19,23). The van der Waals surface area contributed by atoms with E-state index in [0.29, 0.717) is 11.8 Å². The van der Waals surface area contributed by atoms with Gasteiger partial charge in [-0.3, -0.25) is 9.20 Å². The van der Waals surface area contributed by atoms with Gasteiger partial charge in [-0.15, -0.1) is 10.2 Å². The van der Waals surface area contributed by atoms with Crippen LogP contribution in [-0.2, 0) is 4.79 Å². The molecule has 2 heterocycles. The molecule has 1 aliphatic carbocycles. The van der Waals surface area contributed by atoms with Crippen molar-refractivity contribution in [2.45, 2.75) is 43.3 Å². The lowest BCUT2D eigenvalue weighted by atomic mass is 9.95. The summed E-state index contributed by atoms with van der Waals surface area (Å²) in [5.74, 6) is 0.462. The summed E-state index contributed by atoms with van der Waals surface area (Å²) in [6, 6.07) is 12.5. The number of pyridine rings is 1. The molecule has 0 saturated heterocycles. The zero-order chi connectivity index (χ0) is 16.4. The van der Waals surface area contributed by atoms with Crippen molar-refractivity contribution in [1.82, 2.24) is 19.9 Å². The molecule has 3 aromatic rings. The van der Waals surface area contributed by atoms with Crippen LogP contribution in [0.2, 0.25) is 0 Å². The third-order valence-electron chi connectivity index (χ3n) is 4.55. The molecule has 1 N–H and O–H groups in total. The number of benzene rings is 1. The van der Waals surface area contributed by atoms with E-state index in [9.17, 15) is 4.79 Å². The molecule has 0 aliphatic heterocycles. The summed E-state index contributed by atoms with van der Waals surface area (Å²) >= 11 is 1.45. The SMILES string of the molecule is O=C(CSc1nnc2ccc3ccccc3n12)NC1CCCCC1. The first-order chi connectivity index (χ1) is 11.8. The van der Waals surface area contributed by atoms with Gasteiger partial charge in [0.1, 0.15) is 0 Å². The van der Waals surface area contributed by atoms with Crippen LogP contribution in [0.25, 0.3) is 16.6 Å². The Morgan fingerprint density at radius 2 is 1.96 bits per heavy atom. The van der Waals surface area contributed by atoms with Gasteiger partial charge in [-0.2, -0.15) is 0 Å². The van der Waals surface area contributed by atoms with Crippen LogP contribution in [-0.4, -0.2) is 32.3 Å². The first kappa shape index (κ1) is 15.4. The van der Waals surface area contributed by atoms with Gasteiger partial charge in [0.25, 0.3) is 0 Å². The number of fused-ring (bicyclic) bond motifs is 3. The quantitative estimate of drug-likeness (QED) is 0.739. The van der Waals surface area contributed by atoms with E-state index in [1.54, 1.807) is 0 Å². The van der Waals surface area contributed by atoms with E-state index in [0.717, 1.165) is 34.5 Å². The van der Waals surface area contributed by atoms with Crippen molar-refractivity contribution in [3.8, 4) is 0 Å². The Kier molecular flexibility index (Phi) is 4.38. The van der Waals surface area contributed by atoms with Gasteiger partial charge in [0.2, 0.25) is 5.91 Å². The Labute approximate surface area is 144 Å². The highest BCUT2D eigenvalue weighted by molar-refractivity contribution is 7.99. The van der Waals surface area contributed by atoms with E-state index in [4.69, 9.17) is 0 Å². The average molecular weight is 340 g/mol. The van der Waals surface area contributed by atoms with Crippen molar-refractivity contribution in [2.75, 3.05) is 5.75 Å². The fourth-order valence-corrected chi connectivity index (χ4v) is 4.12. The Morgan fingerprint density at radius 1 is 1.12 bits per heavy atom. The number of hydrogen-bond acceptors (Lipinski definition) is 4. The largest absolute Gasteiger partial charge is 0.353 e. The molecule has 1 amide bonds. The normalized spacial score (nSPS) is 15.8. The van der Waals surface area contributed by atoms with Crippen LogP contribution in [0.4, 0.5) is 0 Å². The summed E-state index contributed by atoms with van der Waals surface area (Å²) in [6.45, 7) is 0. The number of nitrogens with one attached hydrogen (secondary N) is 1. The molecule has 1 aromatic carbocycles. The average Bonchev–Trinajstić information content (AvgIpc) is 3.04. The lowest BCUT2D eigenvalue weighted by Gasteiger charge is -2.22. The molecule has 5 nitrogen and oxygen atoms in total. The summed E-state index contributed by atoms with van der Waals surface area (Å²) in [7, 11) is 0. The fraction of sp³-hybridized carbons (Fsp3) is 0.389. The van der Waals surface area contributed by atoms with Crippen molar-refractivity contribution in [1.29, 1.82) is 0 Å². The fourth-order valence-electron chi connectivity index (χ4n) is 3.35. The second-order valence-electron chi connectivity index (χ2n) is 6.26. The third kappa shape index (κ3) is 3.11. The molecule has 1 saturated carbocycles. The van der Waals surface area contributed by atoms with Crippen LogP contribution in [0.3, 0.4) is 0 Å². The number of carbonyl (C=O) groups is 1. The number of para-hydroxylation sites is 1. The second-order valence-corrected chi connectivity index (χ2v) is 7.20. The van der Waals surface area contributed by atoms with Gasteiger partial charge >= 0.3 is 0 Å². The number of thioether (sulfide) groups is 1. The predicted molar refractivity (Wildman–Crippen MR) is 96.2 cm³/mol. The molecular formula is C18H20N4OS. The maximum Gasteiger partial charge on any atom is 0.230 e. The van der Waals surface area contributed by atoms with E-state index in [1.807, 2.05) is 28.7 Å². The van der Waals surface area contributed by atoms with Gasteiger partial charge in [-0.25, -0.2) is 0 Å². The summed E-state index contributed by atoms with van der Waals surface area (Å²) in [5.41, 5.74) is 1.87. The molecule has 124 valence electrons. The minimum atomic E-state index is 0.0869. The first-order valence-electron chi connectivity index (χ1n) is 8.46. The van der Waals surface area contributed by atoms with Crippen molar-refractivity contribution >= 4 is 34.2 Å². The minimum absolute atomic E-state index is 0.0869. The van der Waals surface area contributed by atoms with Crippen molar-refractivity contribution in [3.05, 3.63) is 36.4 Å². The molecule has 4 rings (SSSR count). The molecule has 6 heteroatoms. The molecule has 0 spiro atoms. The van der Waals surface area contributed by atoms with Gasteiger partial charge in [0, 0.05) is 6.04 Å². The van der Waals surface area contributed by atoms with E-state index >= 15 is 0 Å². The van der Waals surface area contributed by atoms with Crippen molar-refractivity contribution in [3.63, 3.8) is 0 Å². The number of carbonyl (C=O) groups excluding carboxylic acids is 1. The maximum atomic E-state index is 12.2. The van der Waals surface area contributed by atoms with Crippen LogP contribution in [0.1, 0.15) is 32.1 Å². The first-order valence-corrected chi connectivity index (χ1v) is 9.45. The van der Waals surface area contributed by atoms with Crippen molar-refractivity contribution in [2.24, 2.45) is 0 Å². The molecule has 0 bridgehead atoms. The molecule has 24 heavy (non-hydrogen) atoms. The van der Waals surface area contributed by atoms with Gasteiger partial charge in [0.05, 0.1) is 11.3 Å². The summed E-state index contributed by atoms with van der Waals surface area (Å²) in [4.78, 5) is 12.2. The topological polar surface area (TPSA) is 59.3 Å². The molecule has 1 fully saturated rings. The number of amides is 1. The van der Waals surface area contributed by atoms with Crippen LogP contribution < -0.4 is 5.32 Å². The van der Waals surface area contributed by atoms with Crippen LogP contribution in [0.5, 0.6) is 0 Å². The van der Waals surface area contributed by atoms with E-state index < -0.39 is 0 Å². The third-order valence-corrected chi connectivity index (χ3v) is 5.48. The number of aromatic nitrogens is 3. The van der Waals surface area contributed by atoms with Crippen LogP contribution in [0.15, 0.2) is 41.6 Å². The Morgan fingerprint density at radius 3 is 2.83 bits per heavy atom. The lowest BCUT2D eigenvalue weighted by molar-refractivity contribution is -0.119. The van der Waals surface area contributed by atoms with E-state index in [2.05, 4.69) is 27.6 Å². The van der Waals surface area contributed by atoms with Gasteiger partial charge in [-0.05, 0) is 36.4 Å². The summed E-state index contributed by atoms with van der Waals surface area (Å²) in [6.07, 6.45) is 5.95. The van der Waals surface area contributed by atoms with Gasteiger partial charge in [0.15, 0.2) is 10.8 Å². The van der Waals surface area contributed by atoms with Gasteiger partial charge in [-0.1, -0.05) is 49.2 Å². The molecule has 0 unspecified atom stereocenters. The molecule has 0 atom stereocenters. The van der Waals surface area contributed by atoms with E-state index in [1.165, 1.54) is 31.0 Å². The highest BCUT2D eigenvalue weighted by atomic mass is 32.2. The molecule has 0 radical (unpaired) electrons. The Bertz CT molecular complexity index is 870. The molecular weight excluding hydrogens is 320 g/mol. The molecule has 2 aromatic heterocycles. The summed E-state index contributed by atoms with van der Waals surface area (Å²) < 4.78 is 2.02. The monoisotopic (exact) mass is 340 g/mol. The predicted octanol–water partition coefficient (Wildman–Crippen LogP) is 3.42. The smallest absolute Gasteiger partial charge is 0.230 e. The summed E-state index contributed by atoms with van der Waals surface area (Å²) in [5, 5.41) is 13.5. The van der Waals surface area contributed by atoms with Crippen molar-refractivity contribution < 1.29 is 4.79 Å². The Hall–Kier alpha value is -2.08. The lowest BCUT2D eigenvalue weighted by Crippen LogP contribution is -2.37.